The number of carbonyl (C=O) groups is 11. The average molecular weight is 1270 g/mol. The van der Waals surface area contributed by atoms with Crippen LogP contribution in [-0.2, 0) is 28.8 Å². The van der Waals surface area contributed by atoms with Crippen LogP contribution in [0.25, 0.3) is 39.1 Å². The number of nitrogens with one attached hydrogen (secondary N) is 10. The van der Waals surface area contributed by atoms with Gasteiger partial charge in [-0.3, -0.25) is 47.9 Å². The van der Waals surface area contributed by atoms with Crippen molar-refractivity contribution in [3.63, 3.8) is 0 Å². The fourth-order valence-corrected chi connectivity index (χ4v) is 8.85. The number of fused-ring (bicyclic) bond motifs is 13. The molecule has 10 amide bonds. The highest BCUT2D eigenvalue weighted by atomic mass is 32.1. The number of aliphatic hydroxyl groups excluding tert-OH is 2. The Morgan fingerprint density at radius 3 is 1.74 bits per heavy atom. The molecule has 1 aliphatic rings. The number of carbonyl (C=O) groups excluding carboxylic acids is 10. The van der Waals surface area contributed by atoms with Gasteiger partial charge >= 0.3 is 5.97 Å². The van der Waals surface area contributed by atoms with Crippen LogP contribution < -0.4 is 53.2 Å². The number of aliphatic hydroxyl groups is 2. The molecule has 0 spiro atoms. The molecule has 10 bridgehead atoms. The largest absolute Gasteiger partial charge is 0.477 e. The second-order valence-electron chi connectivity index (χ2n) is 18.4. The maximum Gasteiger partial charge on any atom is 0.351 e. The van der Waals surface area contributed by atoms with Crippen LogP contribution in [0.15, 0.2) is 123 Å². The van der Waals surface area contributed by atoms with Gasteiger partial charge in [0.15, 0.2) is 17.6 Å². The minimum Gasteiger partial charge on any atom is -0.477 e. The first-order valence-electron chi connectivity index (χ1n) is 25.5. The van der Waals surface area contributed by atoms with Crippen LogP contribution in [0.5, 0.6) is 0 Å². The van der Waals surface area contributed by atoms with Crippen LogP contribution in [0.1, 0.15) is 114 Å². The molecule has 0 radical (unpaired) electrons. The number of pyridine rings is 1. The summed E-state index contributed by atoms with van der Waals surface area (Å²) in [6.07, 6.45) is 0.424. The van der Waals surface area contributed by atoms with Crippen molar-refractivity contribution in [1.82, 2.24) is 83.1 Å². The first kappa shape index (κ1) is 65.6. The number of aryl methyl sites for hydroxylation is 2. The molecule has 0 saturated carbocycles. The quantitative estimate of drug-likeness (QED) is 0.0861. The average Bonchev–Trinajstić information content (AvgIpc) is 1.62. The van der Waals surface area contributed by atoms with Gasteiger partial charge in [-0.2, -0.15) is 0 Å². The summed E-state index contributed by atoms with van der Waals surface area (Å²) in [6.45, 7) is 27.7. The molecule has 0 unspecified atom stereocenters. The molecule has 7 rings (SSSR count). The normalized spacial score (nSPS) is 16.4. The summed E-state index contributed by atoms with van der Waals surface area (Å²) >= 11 is 1.67. The topological polar surface area (TPSA) is 486 Å². The third-order valence-electron chi connectivity index (χ3n) is 11.9. The molecule has 7 heterocycles. The zero-order valence-corrected chi connectivity index (χ0v) is 49.2. The van der Waals surface area contributed by atoms with E-state index in [9.17, 15) is 63.0 Å². The van der Waals surface area contributed by atoms with Crippen LogP contribution >= 0.6 is 22.7 Å². The fourth-order valence-electron chi connectivity index (χ4n) is 7.29. The van der Waals surface area contributed by atoms with Gasteiger partial charge in [0.2, 0.25) is 23.6 Å². The molecule has 3 atom stereocenters. The number of oxazole rings is 3. The minimum atomic E-state index is -1.79. The number of rotatable bonds is 10. The van der Waals surface area contributed by atoms with Gasteiger partial charge in [0, 0.05) is 16.3 Å². The third-order valence-corrected chi connectivity index (χ3v) is 13.7. The number of thiazole rings is 2. The van der Waals surface area contributed by atoms with Crippen molar-refractivity contribution >= 4 is 105 Å². The van der Waals surface area contributed by atoms with E-state index in [2.05, 4.69) is 112 Å². The highest BCUT2D eigenvalue weighted by molar-refractivity contribution is 7.13. The third kappa shape index (κ3) is 15.2. The van der Waals surface area contributed by atoms with Crippen LogP contribution in [0, 0.1) is 13.8 Å². The number of aromatic nitrogens is 6. The number of aliphatic carboxylic acids is 1. The number of hydrogen-bond acceptors (Lipinski definition) is 24. The Balaban J connectivity index is 1.18. The maximum atomic E-state index is 13.9. The highest BCUT2D eigenvalue weighted by Crippen LogP contribution is 2.34. The molecule has 0 aliphatic carbocycles. The van der Waals surface area contributed by atoms with E-state index in [1.807, 2.05) is 10.6 Å². The number of amides is 10. The lowest BCUT2D eigenvalue weighted by atomic mass is 10.1. The monoisotopic (exact) mass is 1270 g/mol. The van der Waals surface area contributed by atoms with Crippen LogP contribution in [0.2, 0.25) is 0 Å². The van der Waals surface area contributed by atoms with Crippen LogP contribution in [0.4, 0.5) is 0 Å². The lowest BCUT2D eigenvalue weighted by molar-refractivity contribution is -0.134. The molecule has 35 heteroatoms. The Labute approximate surface area is 514 Å². The first-order chi connectivity index (χ1) is 42.5. The molecule has 6 aromatic rings. The number of carboxylic acids is 1. The van der Waals surface area contributed by atoms with Crippen LogP contribution in [0.3, 0.4) is 0 Å². The molecule has 1 aliphatic heterocycles. The molecule has 90 heavy (non-hydrogen) atoms. The van der Waals surface area contributed by atoms with Crippen molar-refractivity contribution in [2.24, 2.45) is 0 Å². The lowest BCUT2D eigenvalue weighted by Gasteiger charge is -2.20. The molecule has 464 valence electrons. The summed E-state index contributed by atoms with van der Waals surface area (Å²) in [5.74, 6) is -13.0. The van der Waals surface area contributed by atoms with E-state index in [0.29, 0.717) is 0 Å². The Bertz CT molecular complexity index is 4190. The number of hydrogen-bond donors (Lipinski definition) is 13. The Hall–Kier alpha value is -11.9. The van der Waals surface area contributed by atoms with Crippen molar-refractivity contribution in [3.05, 3.63) is 172 Å². The molecule has 0 fully saturated rings. The Morgan fingerprint density at radius 1 is 0.611 bits per heavy atom. The Morgan fingerprint density at radius 2 is 1.16 bits per heavy atom. The van der Waals surface area contributed by atoms with Crippen LogP contribution in [-0.4, -0.2) is 122 Å². The summed E-state index contributed by atoms with van der Waals surface area (Å²) in [5.41, 5.74) is -5.69. The van der Waals surface area contributed by atoms with E-state index in [-0.39, 0.29) is 96.0 Å². The zero-order chi connectivity index (χ0) is 66.2. The molecule has 33 nitrogen and oxygen atoms in total. The molecule has 6 aromatic heterocycles. The number of allylic oxidation sites excluding steroid dienone is 2. The van der Waals surface area contributed by atoms with E-state index in [4.69, 9.17) is 18.4 Å². The van der Waals surface area contributed by atoms with Gasteiger partial charge in [-0.05, 0) is 46.8 Å². The predicted octanol–water partition coefficient (Wildman–Crippen LogP) is 1.34. The van der Waals surface area contributed by atoms with Crippen molar-refractivity contribution < 1.29 is 81.3 Å². The number of nitrogens with zero attached hydrogens (tertiary/aromatic N) is 6. The van der Waals surface area contributed by atoms with E-state index in [1.54, 1.807) is 0 Å². The lowest BCUT2D eigenvalue weighted by Crippen LogP contribution is -2.52. The van der Waals surface area contributed by atoms with Gasteiger partial charge in [-0.15, -0.1) is 22.7 Å². The molecule has 0 aromatic carbocycles. The van der Waals surface area contributed by atoms with Gasteiger partial charge < -0.3 is 81.7 Å². The standard InChI is InChI=1S/C55H50N16O17S2/c1-12-29-51-69-36(26(10)87-51)47(81)59-22(6)41(75)60-23(7)50-65-32(16-86-50)38-28(14-15-31(62-38)43(77)58-21(5)40(74)56-19(3)39(73)57-20(4)42(76)61-24(8)55(84)85)53-66-34(17-89-53)45(79)68-35(25(9)72)46(80)64-30(13-2)52-70-37(27(11)88-52)48(82)71-49(83)54-67-33(18-90-54)44(78)63-29/h12-18,25,35,49,72,83H,3-8H2,1-2,9-11H3,(H,56,74)(H,57,73)(H,58,77)(H,59,81)(H,60,75)(H,61,76)(H,63,78)(H,64,80)(H,68,79)(H,71,82)(H,84,85)/t25-,35+,49-/m1/s1. The SMILES string of the molecule is C=C(NC(=O)C(=C)NC(=O)C(=C)NC(=O)C(=C)NC(=O)c1ccc2c(n1)-c1coc(n1)C(=C)NC(=O)C(=C)NC(=O)c1nc(oc1C)C(=CC)NC(=O)c1csc(n1)[C@@H](O)NC(=O)c1nc(oc1C)C(=CC)NC(=O)[C@H]([C@@H](C)O)NC(=O)c1csc-2n1)C(=O)O. The van der Waals surface area contributed by atoms with E-state index >= 15 is 0 Å². The van der Waals surface area contributed by atoms with Gasteiger partial charge in [-0.1, -0.05) is 51.6 Å². The van der Waals surface area contributed by atoms with Gasteiger partial charge in [0.25, 0.3) is 53.2 Å². The fraction of sp³-hybridized carbons (Fsp3) is 0.145. The predicted molar refractivity (Wildman–Crippen MR) is 314 cm³/mol. The van der Waals surface area contributed by atoms with Crippen molar-refractivity contribution in [1.29, 1.82) is 0 Å². The van der Waals surface area contributed by atoms with E-state index in [1.165, 1.54) is 63.6 Å². The van der Waals surface area contributed by atoms with Gasteiger partial charge in [-0.25, -0.2) is 34.7 Å². The van der Waals surface area contributed by atoms with E-state index < -0.39 is 118 Å². The molecular formula is C55H50N16O17S2. The zero-order valence-electron chi connectivity index (χ0n) is 47.6. The maximum absolute atomic E-state index is 13.9. The summed E-state index contributed by atoms with van der Waals surface area (Å²) in [4.78, 5) is 170. The minimum absolute atomic E-state index is 0.0250. The smallest absolute Gasteiger partial charge is 0.351 e. The van der Waals surface area contributed by atoms with Gasteiger partial charge in [0.05, 0.1) is 40.3 Å². The Kier molecular flexibility index (Phi) is 20.1. The summed E-state index contributed by atoms with van der Waals surface area (Å²) in [6, 6.07) is 0.791. The summed E-state index contributed by atoms with van der Waals surface area (Å²) in [5, 5.41) is 55.8. The summed E-state index contributed by atoms with van der Waals surface area (Å²) in [7, 11) is 0. The highest BCUT2D eigenvalue weighted by Gasteiger charge is 2.32. The van der Waals surface area contributed by atoms with Gasteiger partial charge in [0.1, 0.15) is 73.7 Å². The first-order valence-corrected chi connectivity index (χ1v) is 27.3. The molecule has 0 saturated heterocycles. The van der Waals surface area contributed by atoms with Crippen molar-refractivity contribution in [2.45, 2.75) is 53.0 Å². The second-order valence-corrected chi connectivity index (χ2v) is 20.2. The molecular weight excluding hydrogens is 1220 g/mol. The van der Waals surface area contributed by atoms with Crippen molar-refractivity contribution in [3.8, 4) is 22.0 Å². The van der Waals surface area contributed by atoms with Crippen molar-refractivity contribution in [2.75, 3.05) is 0 Å². The number of carboxylic acid groups (broad SMARTS) is 1. The van der Waals surface area contributed by atoms with E-state index in [0.717, 1.165) is 35.0 Å². The molecule has 13 N–H and O–H groups in total. The summed E-state index contributed by atoms with van der Waals surface area (Å²) < 4.78 is 17.0. The second kappa shape index (κ2) is 27.6.